The number of nitriles is 1. The predicted molar refractivity (Wildman–Crippen MR) is 125 cm³/mol. The molecule has 4 rings (SSSR count). The summed E-state index contributed by atoms with van der Waals surface area (Å²) < 4.78 is 36.7. The molecule has 4 N–H and O–H groups in total. The van der Waals surface area contributed by atoms with Crippen LogP contribution in [0.4, 0.5) is 36.3 Å². The van der Waals surface area contributed by atoms with Crippen LogP contribution in [-0.4, -0.2) is 32.2 Å². The van der Waals surface area contributed by atoms with Gasteiger partial charge in [0.25, 0.3) is 0 Å². The first kappa shape index (κ1) is 26.0. The van der Waals surface area contributed by atoms with Gasteiger partial charge in [-0.15, -0.1) is 0 Å². The zero-order chi connectivity index (χ0) is 26.6. The number of aromatic amines is 1. The van der Waals surface area contributed by atoms with Crippen LogP contribution in [0.3, 0.4) is 0 Å². The van der Waals surface area contributed by atoms with Gasteiger partial charge in [-0.1, -0.05) is 11.6 Å². The highest BCUT2D eigenvalue weighted by Crippen LogP contribution is 2.27. The van der Waals surface area contributed by atoms with Crippen LogP contribution < -0.4 is 16.4 Å². The van der Waals surface area contributed by atoms with Crippen molar-refractivity contribution in [2.24, 2.45) is 0 Å². The molecule has 2 aromatic carbocycles. The van der Waals surface area contributed by atoms with E-state index in [1.165, 1.54) is 6.20 Å². The van der Waals surface area contributed by atoms with Crippen molar-refractivity contribution in [2.45, 2.75) is 20.0 Å². The van der Waals surface area contributed by atoms with Crippen LogP contribution in [-0.2, 0) is 4.79 Å². The average Bonchev–Trinajstić information content (AvgIpc) is 3.15. The number of alkyl halides is 3. The Labute approximate surface area is 205 Å². The first-order valence-electron chi connectivity index (χ1n) is 9.88. The van der Waals surface area contributed by atoms with Gasteiger partial charge in [-0.2, -0.15) is 23.4 Å². The molecule has 0 amide bonds. The maximum atomic E-state index is 11.3. The Morgan fingerprint density at radius 2 is 1.81 bits per heavy atom. The topological polar surface area (TPSA) is 157 Å². The van der Waals surface area contributed by atoms with E-state index in [0.29, 0.717) is 39.1 Å². The lowest BCUT2D eigenvalue weighted by atomic mass is 10.0. The maximum absolute atomic E-state index is 11.3. The number of aliphatic carboxylic acids is 1. The van der Waals surface area contributed by atoms with Crippen molar-refractivity contribution in [1.82, 2.24) is 15.0 Å². The van der Waals surface area contributed by atoms with Gasteiger partial charge in [-0.3, -0.25) is 4.98 Å². The number of carboxylic acid groups (broad SMARTS) is 1. The number of benzene rings is 2. The van der Waals surface area contributed by atoms with E-state index in [4.69, 9.17) is 25.9 Å². The minimum atomic E-state index is -5.08. The molecular weight excluding hydrogens is 505 g/mol. The van der Waals surface area contributed by atoms with Gasteiger partial charge in [0.15, 0.2) is 11.4 Å². The molecule has 0 unspecified atom stereocenters. The second kappa shape index (κ2) is 10.4. The van der Waals surface area contributed by atoms with Gasteiger partial charge in [0, 0.05) is 11.4 Å². The van der Waals surface area contributed by atoms with Crippen molar-refractivity contribution >= 4 is 51.8 Å². The number of oxazole rings is 1. The molecular formula is C22H16ClF3N6O4. The Balaban J connectivity index is 0.000000454. The molecule has 4 aromatic rings. The standard InChI is InChI=1S/C20H15ClN6O2.C2HF3O2/c1-10-5-13(6-11(2)14(10)8-22)25-19-23-9-15(21)18(27-19)24-12-3-4-17-16(7-12)26-20(28)29-17;3-2(4,5)1(6)7/h3-7,9H,1-2H3,(H,26,28)(H2,23,24,25,27);(H,6,7). The van der Waals surface area contributed by atoms with Gasteiger partial charge in [0.1, 0.15) is 5.02 Å². The summed E-state index contributed by atoms with van der Waals surface area (Å²) in [7, 11) is 0. The molecule has 0 atom stereocenters. The number of aryl methyl sites for hydroxylation is 2. The number of nitrogens with one attached hydrogen (secondary N) is 3. The van der Waals surface area contributed by atoms with Crippen molar-refractivity contribution in [1.29, 1.82) is 5.26 Å². The van der Waals surface area contributed by atoms with Gasteiger partial charge < -0.3 is 20.2 Å². The summed E-state index contributed by atoms with van der Waals surface area (Å²) in [6.07, 6.45) is -3.60. The van der Waals surface area contributed by atoms with Crippen LogP contribution in [0.1, 0.15) is 16.7 Å². The molecule has 2 heterocycles. The number of anilines is 4. The molecule has 0 bridgehead atoms. The van der Waals surface area contributed by atoms with Gasteiger partial charge in [0.05, 0.1) is 23.3 Å². The van der Waals surface area contributed by atoms with Crippen LogP contribution in [0.2, 0.25) is 5.02 Å². The average molecular weight is 521 g/mol. The molecule has 0 saturated heterocycles. The molecule has 36 heavy (non-hydrogen) atoms. The Morgan fingerprint density at radius 3 is 2.39 bits per heavy atom. The summed E-state index contributed by atoms with van der Waals surface area (Å²) in [5.41, 5.74) is 4.85. The highest BCUT2D eigenvalue weighted by molar-refractivity contribution is 6.32. The monoisotopic (exact) mass is 520 g/mol. The van der Waals surface area contributed by atoms with E-state index in [2.05, 4.69) is 31.7 Å². The third-order valence-electron chi connectivity index (χ3n) is 4.57. The second-order valence-corrected chi connectivity index (χ2v) is 7.67. The Bertz CT molecular complexity index is 1520. The molecule has 0 fully saturated rings. The third kappa shape index (κ3) is 6.30. The number of carbonyl (C=O) groups is 1. The quantitative estimate of drug-likeness (QED) is 0.285. The number of nitrogens with zero attached hydrogens (tertiary/aromatic N) is 3. The van der Waals surface area contributed by atoms with E-state index in [9.17, 15) is 23.2 Å². The Hall–Kier alpha value is -4.57. The zero-order valence-electron chi connectivity index (χ0n) is 18.5. The van der Waals surface area contributed by atoms with E-state index < -0.39 is 17.9 Å². The smallest absolute Gasteiger partial charge is 0.475 e. The lowest BCUT2D eigenvalue weighted by molar-refractivity contribution is -0.192. The minimum Gasteiger partial charge on any atom is -0.475 e. The zero-order valence-corrected chi connectivity index (χ0v) is 19.2. The third-order valence-corrected chi connectivity index (χ3v) is 4.85. The van der Waals surface area contributed by atoms with Crippen molar-refractivity contribution in [2.75, 3.05) is 10.6 Å². The van der Waals surface area contributed by atoms with E-state index in [-0.39, 0.29) is 0 Å². The summed E-state index contributed by atoms with van der Waals surface area (Å²) in [5.74, 6) is -2.53. The Kier molecular flexibility index (Phi) is 7.50. The predicted octanol–water partition coefficient (Wildman–Crippen LogP) is 5.17. The summed E-state index contributed by atoms with van der Waals surface area (Å²) >= 11 is 6.23. The molecule has 0 aliphatic rings. The number of aromatic nitrogens is 3. The largest absolute Gasteiger partial charge is 0.490 e. The fraction of sp³-hybridized carbons (Fsp3) is 0.136. The number of halogens is 4. The van der Waals surface area contributed by atoms with Crippen LogP contribution in [0.5, 0.6) is 0 Å². The maximum Gasteiger partial charge on any atom is 0.490 e. The molecule has 10 nitrogen and oxygen atoms in total. The van der Waals surface area contributed by atoms with Crippen molar-refractivity contribution in [3.05, 3.63) is 68.8 Å². The molecule has 0 saturated carbocycles. The molecule has 0 spiro atoms. The fourth-order valence-electron chi connectivity index (χ4n) is 3.02. The van der Waals surface area contributed by atoms with E-state index in [0.717, 1.165) is 16.8 Å². The molecule has 186 valence electrons. The van der Waals surface area contributed by atoms with Gasteiger partial charge in [-0.05, 0) is 55.3 Å². The van der Waals surface area contributed by atoms with E-state index in [1.807, 2.05) is 26.0 Å². The first-order chi connectivity index (χ1) is 16.9. The van der Waals surface area contributed by atoms with E-state index >= 15 is 0 Å². The molecule has 0 radical (unpaired) electrons. The summed E-state index contributed by atoms with van der Waals surface area (Å²) in [6.45, 7) is 3.76. The van der Waals surface area contributed by atoms with Crippen molar-refractivity contribution in [3.8, 4) is 6.07 Å². The number of hydrogen-bond acceptors (Lipinski definition) is 8. The molecule has 14 heteroatoms. The summed E-state index contributed by atoms with van der Waals surface area (Å²) in [4.78, 5) is 31.4. The van der Waals surface area contributed by atoms with Crippen LogP contribution in [0.15, 0.2) is 45.7 Å². The number of fused-ring (bicyclic) bond motifs is 1. The van der Waals surface area contributed by atoms with Gasteiger partial charge in [0.2, 0.25) is 5.95 Å². The molecule has 0 aliphatic carbocycles. The normalized spacial score (nSPS) is 10.8. The lowest BCUT2D eigenvalue weighted by Crippen LogP contribution is -2.21. The van der Waals surface area contributed by atoms with Crippen molar-refractivity contribution in [3.63, 3.8) is 0 Å². The van der Waals surface area contributed by atoms with Gasteiger partial charge >= 0.3 is 17.9 Å². The number of carboxylic acids is 1. The van der Waals surface area contributed by atoms with Gasteiger partial charge in [-0.25, -0.2) is 14.6 Å². The summed E-state index contributed by atoms with van der Waals surface area (Å²) in [6, 6.07) is 11.1. The van der Waals surface area contributed by atoms with Crippen LogP contribution in [0.25, 0.3) is 11.1 Å². The first-order valence-corrected chi connectivity index (χ1v) is 10.3. The highest BCUT2D eigenvalue weighted by atomic mass is 35.5. The highest BCUT2D eigenvalue weighted by Gasteiger charge is 2.38. The molecule has 2 aromatic heterocycles. The summed E-state index contributed by atoms with van der Waals surface area (Å²) in [5, 5.41) is 22.9. The van der Waals surface area contributed by atoms with Crippen molar-refractivity contribution < 1.29 is 27.5 Å². The number of hydrogen-bond donors (Lipinski definition) is 4. The van der Waals surface area contributed by atoms with E-state index in [1.54, 1.807) is 18.2 Å². The number of rotatable bonds is 4. The minimum absolute atomic E-state index is 0.337. The fourth-order valence-corrected chi connectivity index (χ4v) is 3.16. The SMILES string of the molecule is Cc1cc(Nc2ncc(Cl)c(Nc3ccc4oc(=O)[nH]c4c3)n2)cc(C)c1C#N.O=C(O)C(F)(F)F. The lowest BCUT2D eigenvalue weighted by Gasteiger charge is -2.12. The molecule has 0 aliphatic heterocycles. The second-order valence-electron chi connectivity index (χ2n) is 7.27. The number of H-pyrrole nitrogens is 1. The Morgan fingerprint density at radius 1 is 1.17 bits per heavy atom. The van der Waals surface area contributed by atoms with Crippen LogP contribution >= 0.6 is 11.6 Å². The van der Waals surface area contributed by atoms with Crippen LogP contribution in [0, 0.1) is 25.2 Å².